The lowest BCUT2D eigenvalue weighted by Gasteiger charge is -2.22. The normalized spacial score (nSPS) is 10.4. The summed E-state index contributed by atoms with van der Waals surface area (Å²) in [6.07, 6.45) is 5.18. The molecule has 0 fully saturated rings. The van der Waals surface area contributed by atoms with E-state index in [1.165, 1.54) is 0 Å². The van der Waals surface area contributed by atoms with Crippen LogP contribution in [0.4, 0.5) is 14.4 Å². The quantitative estimate of drug-likeness (QED) is 0.568. The number of carbonyl (C=O) groups is 3. The lowest BCUT2D eigenvalue weighted by atomic mass is 10.4. The molecule has 0 saturated carbocycles. The van der Waals surface area contributed by atoms with Crippen molar-refractivity contribution in [1.29, 1.82) is 0 Å². The molecule has 0 saturated heterocycles. The van der Waals surface area contributed by atoms with E-state index in [4.69, 9.17) is 0 Å². The molecule has 0 unspecified atom stereocenters. The maximum absolute atomic E-state index is 11.2. The molecule has 10 heteroatoms. The van der Waals surface area contributed by atoms with Crippen molar-refractivity contribution in [1.82, 2.24) is 20.9 Å². The van der Waals surface area contributed by atoms with E-state index in [1.54, 1.807) is 18.8 Å². The van der Waals surface area contributed by atoms with Gasteiger partial charge in [0.25, 0.3) is 15.7 Å². The van der Waals surface area contributed by atoms with Crippen LogP contribution >= 0.6 is 35.3 Å². The first-order chi connectivity index (χ1) is 10.5. The molecule has 128 valence electrons. The van der Waals surface area contributed by atoms with Gasteiger partial charge in [-0.05, 0) is 18.8 Å². The van der Waals surface area contributed by atoms with E-state index in [0.29, 0.717) is 39.3 Å². The first-order valence-electron chi connectivity index (χ1n) is 6.71. The van der Waals surface area contributed by atoms with Crippen LogP contribution in [-0.4, -0.2) is 78.7 Å². The average Bonchev–Trinajstić information content (AvgIpc) is 2.53. The molecule has 0 aliphatic rings. The Morgan fingerprint density at radius 1 is 0.682 bits per heavy atom. The predicted octanol–water partition coefficient (Wildman–Crippen LogP) is 1.51. The second-order valence-corrected chi connectivity index (χ2v) is 6.43. The third-order valence-corrected chi connectivity index (χ3v) is 4.19. The van der Waals surface area contributed by atoms with Gasteiger partial charge in [0.2, 0.25) is 0 Å². The zero-order valence-electron chi connectivity index (χ0n) is 13.1. The molecule has 0 aliphatic carbocycles. The van der Waals surface area contributed by atoms with Gasteiger partial charge in [0.1, 0.15) is 0 Å². The maximum Gasteiger partial charge on any atom is 0.278 e. The minimum atomic E-state index is -0.0636. The van der Waals surface area contributed by atoms with Crippen LogP contribution in [0, 0.1) is 0 Å². The fraction of sp³-hybridized carbons (Fsp3) is 0.750. The van der Waals surface area contributed by atoms with Crippen LogP contribution in [0.2, 0.25) is 0 Å². The molecule has 0 rings (SSSR count). The molecule has 0 bridgehead atoms. The minimum absolute atomic E-state index is 0.0636. The lowest BCUT2D eigenvalue weighted by molar-refractivity contribution is 0.245. The molecule has 22 heavy (non-hydrogen) atoms. The first-order valence-corrected chi connectivity index (χ1v) is 10.4. The highest BCUT2D eigenvalue weighted by molar-refractivity contribution is 8.13. The Morgan fingerprint density at radius 2 is 0.955 bits per heavy atom. The summed E-state index contributed by atoms with van der Waals surface area (Å²) in [6, 6.07) is 0. The molecular formula is C12H24N4O3S3. The van der Waals surface area contributed by atoms with Gasteiger partial charge in [0, 0.05) is 39.3 Å². The number of nitrogens with zero attached hydrogens (tertiary/aromatic N) is 1. The molecular weight excluding hydrogens is 344 g/mol. The topological polar surface area (TPSA) is 90.5 Å². The van der Waals surface area contributed by atoms with Gasteiger partial charge in [-0.1, -0.05) is 35.3 Å². The van der Waals surface area contributed by atoms with Crippen LogP contribution < -0.4 is 16.0 Å². The van der Waals surface area contributed by atoms with Crippen molar-refractivity contribution in [3.05, 3.63) is 0 Å². The van der Waals surface area contributed by atoms with Crippen molar-refractivity contribution < 1.29 is 14.4 Å². The SMILES string of the molecule is CSC(=O)NCCN(CCNC(=O)SC)CCNC(=O)SC. The number of hydrogen-bond donors (Lipinski definition) is 3. The fourth-order valence-corrected chi connectivity index (χ4v) is 2.24. The third-order valence-electron chi connectivity index (χ3n) is 2.65. The van der Waals surface area contributed by atoms with E-state index in [9.17, 15) is 14.4 Å². The molecule has 3 amide bonds. The highest BCUT2D eigenvalue weighted by atomic mass is 32.2. The smallest absolute Gasteiger partial charge is 0.278 e. The summed E-state index contributed by atoms with van der Waals surface area (Å²) < 4.78 is 0. The Hall–Kier alpha value is -0.580. The number of thioether (sulfide) groups is 3. The van der Waals surface area contributed by atoms with Crippen LogP contribution in [0.15, 0.2) is 0 Å². The van der Waals surface area contributed by atoms with E-state index in [0.717, 1.165) is 35.3 Å². The summed E-state index contributed by atoms with van der Waals surface area (Å²) in [5.41, 5.74) is 0. The summed E-state index contributed by atoms with van der Waals surface area (Å²) in [7, 11) is 0. The van der Waals surface area contributed by atoms with E-state index in [1.807, 2.05) is 0 Å². The second-order valence-electron chi connectivity index (χ2n) is 4.10. The van der Waals surface area contributed by atoms with Crippen molar-refractivity contribution in [3.63, 3.8) is 0 Å². The molecule has 0 spiro atoms. The van der Waals surface area contributed by atoms with Gasteiger partial charge in [-0.15, -0.1) is 0 Å². The highest BCUT2D eigenvalue weighted by Crippen LogP contribution is 1.95. The van der Waals surface area contributed by atoms with E-state index in [-0.39, 0.29) is 15.7 Å². The van der Waals surface area contributed by atoms with Gasteiger partial charge in [-0.3, -0.25) is 19.3 Å². The van der Waals surface area contributed by atoms with Crippen molar-refractivity contribution in [3.8, 4) is 0 Å². The Kier molecular flexibility index (Phi) is 13.7. The van der Waals surface area contributed by atoms with Crippen LogP contribution in [0.25, 0.3) is 0 Å². The van der Waals surface area contributed by atoms with Crippen molar-refractivity contribution in [2.75, 3.05) is 58.0 Å². The standard InChI is InChI=1S/C12H24N4O3S3/c1-20-10(17)13-4-7-16(8-5-14-11(18)21-2)9-6-15-12(19)22-3/h4-9H2,1-3H3,(H,13,17)(H,14,18)(H,15,19). The van der Waals surface area contributed by atoms with Gasteiger partial charge in [0.05, 0.1) is 0 Å². The van der Waals surface area contributed by atoms with Gasteiger partial charge in [0.15, 0.2) is 0 Å². The Morgan fingerprint density at radius 3 is 1.18 bits per heavy atom. The van der Waals surface area contributed by atoms with Crippen molar-refractivity contribution >= 4 is 51.0 Å². The Bertz CT molecular complexity index is 306. The van der Waals surface area contributed by atoms with Gasteiger partial charge in [-0.25, -0.2) is 0 Å². The third kappa shape index (κ3) is 12.0. The molecule has 0 heterocycles. The monoisotopic (exact) mass is 368 g/mol. The maximum atomic E-state index is 11.2. The minimum Gasteiger partial charge on any atom is -0.346 e. The number of amides is 3. The summed E-state index contributed by atoms with van der Waals surface area (Å²) >= 11 is 3.41. The van der Waals surface area contributed by atoms with Crippen LogP contribution in [0.5, 0.6) is 0 Å². The summed E-state index contributed by atoms with van der Waals surface area (Å²) in [5, 5.41) is 8.16. The molecule has 0 aromatic carbocycles. The molecule has 3 N–H and O–H groups in total. The number of hydrogen-bond acceptors (Lipinski definition) is 7. The molecule has 0 aliphatic heterocycles. The highest BCUT2D eigenvalue weighted by Gasteiger charge is 2.07. The number of rotatable bonds is 9. The molecule has 0 atom stereocenters. The van der Waals surface area contributed by atoms with E-state index >= 15 is 0 Å². The molecule has 0 aromatic heterocycles. The average molecular weight is 369 g/mol. The molecule has 7 nitrogen and oxygen atoms in total. The Labute approximate surface area is 144 Å². The lowest BCUT2D eigenvalue weighted by Crippen LogP contribution is -2.41. The Balaban J connectivity index is 4.09. The first kappa shape index (κ1) is 21.4. The van der Waals surface area contributed by atoms with Crippen LogP contribution in [0.1, 0.15) is 0 Å². The van der Waals surface area contributed by atoms with Crippen LogP contribution in [-0.2, 0) is 0 Å². The predicted molar refractivity (Wildman–Crippen MR) is 97.2 cm³/mol. The van der Waals surface area contributed by atoms with Gasteiger partial charge < -0.3 is 16.0 Å². The van der Waals surface area contributed by atoms with Gasteiger partial charge in [-0.2, -0.15) is 0 Å². The molecule has 0 aromatic rings. The van der Waals surface area contributed by atoms with Gasteiger partial charge >= 0.3 is 0 Å². The van der Waals surface area contributed by atoms with Crippen molar-refractivity contribution in [2.24, 2.45) is 0 Å². The number of carbonyl (C=O) groups excluding carboxylic acids is 3. The summed E-state index contributed by atoms with van der Waals surface area (Å²) in [4.78, 5) is 35.7. The van der Waals surface area contributed by atoms with Crippen molar-refractivity contribution in [2.45, 2.75) is 0 Å². The fourth-order valence-electron chi connectivity index (χ4n) is 1.50. The number of nitrogens with one attached hydrogen (secondary N) is 3. The van der Waals surface area contributed by atoms with E-state index in [2.05, 4.69) is 20.9 Å². The largest absolute Gasteiger partial charge is 0.346 e. The van der Waals surface area contributed by atoms with Crippen LogP contribution in [0.3, 0.4) is 0 Å². The zero-order valence-corrected chi connectivity index (χ0v) is 15.6. The second kappa shape index (κ2) is 14.0. The molecule has 0 radical (unpaired) electrons. The summed E-state index contributed by atoms with van der Waals surface area (Å²) in [5.74, 6) is 0. The zero-order chi connectivity index (χ0) is 16.8. The summed E-state index contributed by atoms with van der Waals surface area (Å²) in [6.45, 7) is 3.59. The van der Waals surface area contributed by atoms with E-state index < -0.39 is 0 Å².